The summed E-state index contributed by atoms with van der Waals surface area (Å²) in [6.45, 7) is 0.102. The van der Waals surface area contributed by atoms with Crippen molar-refractivity contribution in [3.63, 3.8) is 0 Å². The largest absolute Gasteiger partial charge is 0.479 e. The molecule has 3 aromatic carbocycles. The minimum absolute atomic E-state index is 0.102. The number of nitrogens with one attached hydrogen (secondary N) is 1. The molecule has 1 amide bonds. The Kier molecular flexibility index (Phi) is 5.50. The van der Waals surface area contributed by atoms with E-state index in [-0.39, 0.29) is 12.5 Å². The summed E-state index contributed by atoms with van der Waals surface area (Å²) in [5, 5.41) is 21.8. The topological polar surface area (TPSA) is 95.9 Å². The van der Waals surface area contributed by atoms with Crippen molar-refractivity contribution in [3.8, 4) is 11.1 Å². The molecule has 0 radical (unpaired) electrons. The Morgan fingerprint density at radius 2 is 1.40 bits per heavy atom. The summed E-state index contributed by atoms with van der Waals surface area (Å²) in [6, 6.07) is 23.3. The van der Waals surface area contributed by atoms with Crippen LogP contribution in [0.15, 0.2) is 78.9 Å². The average molecular weight is 403 g/mol. The zero-order valence-electron chi connectivity index (χ0n) is 16.1. The maximum absolute atomic E-state index is 12.5. The van der Waals surface area contributed by atoms with Gasteiger partial charge < -0.3 is 20.3 Å². The molecule has 4 rings (SSSR count). The van der Waals surface area contributed by atoms with Crippen LogP contribution in [0.3, 0.4) is 0 Å². The molecule has 0 aliphatic heterocycles. The zero-order chi connectivity index (χ0) is 21.1. The lowest BCUT2D eigenvalue weighted by atomic mass is 9.98. The minimum Gasteiger partial charge on any atom is -0.479 e. The Labute approximate surface area is 173 Å². The Bertz CT molecular complexity index is 1020. The maximum Gasteiger partial charge on any atom is 0.407 e. The van der Waals surface area contributed by atoms with Gasteiger partial charge in [-0.05, 0) is 27.8 Å². The molecule has 0 saturated carbocycles. The molecule has 1 aliphatic rings. The molecule has 0 aromatic heterocycles. The first-order valence-corrected chi connectivity index (χ1v) is 9.63. The molecule has 3 aromatic rings. The normalized spacial score (nSPS) is 14.3. The van der Waals surface area contributed by atoms with Crippen LogP contribution in [-0.4, -0.2) is 35.0 Å². The van der Waals surface area contributed by atoms with Crippen molar-refractivity contribution < 1.29 is 24.5 Å². The number of alkyl carbamates (subject to hydrolysis) is 1. The van der Waals surface area contributed by atoms with E-state index in [4.69, 9.17) is 4.74 Å². The van der Waals surface area contributed by atoms with E-state index < -0.39 is 24.2 Å². The SMILES string of the molecule is O=C(N[C@@H](c1ccccc1)[C@@H](O)C(=O)O)OCC1c2ccccc2-c2ccccc21. The molecule has 3 N–H and O–H groups in total. The molecule has 0 fully saturated rings. The van der Waals surface area contributed by atoms with E-state index in [2.05, 4.69) is 5.32 Å². The fourth-order valence-electron chi connectivity index (χ4n) is 3.91. The Balaban J connectivity index is 1.50. The first-order valence-electron chi connectivity index (χ1n) is 9.63. The fraction of sp³-hybridized carbons (Fsp3) is 0.167. The smallest absolute Gasteiger partial charge is 0.407 e. The number of aliphatic carboxylic acids is 1. The van der Waals surface area contributed by atoms with Gasteiger partial charge in [0.1, 0.15) is 6.61 Å². The lowest BCUT2D eigenvalue weighted by molar-refractivity contribution is -0.148. The van der Waals surface area contributed by atoms with E-state index in [9.17, 15) is 19.8 Å². The maximum atomic E-state index is 12.5. The monoisotopic (exact) mass is 403 g/mol. The first kappa shape index (κ1) is 19.7. The number of fused-ring (bicyclic) bond motifs is 3. The van der Waals surface area contributed by atoms with Gasteiger partial charge in [-0.25, -0.2) is 9.59 Å². The third-order valence-corrected chi connectivity index (χ3v) is 5.34. The van der Waals surface area contributed by atoms with Crippen LogP contribution in [0.4, 0.5) is 4.79 Å². The van der Waals surface area contributed by atoms with E-state index >= 15 is 0 Å². The van der Waals surface area contributed by atoms with Gasteiger partial charge in [0.15, 0.2) is 6.10 Å². The van der Waals surface area contributed by atoms with Gasteiger partial charge >= 0.3 is 12.1 Å². The number of aliphatic hydroxyl groups excluding tert-OH is 1. The zero-order valence-corrected chi connectivity index (χ0v) is 16.1. The number of aliphatic hydroxyl groups is 1. The number of hydrogen-bond acceptors (Lipinski definition) is 4. The Hall–Kier alpha value is -3.64. The van der Waals surface area contributed by atoms with Crippen LogP contribution in [0.1, 0.15) is 28.7 Å². The molecule has 0 unspecified atom stereocenters. The van der Waals surface area contributed by atoms with E-state index in [1.165, 1.54) is 0 Å². The number of carbonyl (C=O) groups is 2. The summed E-state index contributed by atoms with van der Waals surface area (Å²) in [6.07, 6.45) is -2.58. The molecule has 6 heteroatoms. The van der Waals surface area contributed by atoms with Crippen LogP contribution >= 0.6 is 0 Å². The van der Waals surface area contributed by atoms with Crippen LogP contribution < -0.4 is 5.32 Å². The van der Waals surface area contributed by atoms with Gasteiger partial charge in [0.25, 0.3) is 0 Å². The van der Waals surface area contributed by atoms with Crippen LogP contribution in [-0.2, 0) is 9.53 Å². The molecule has 152 valence electrons. The highest BCUT2D eigenvalue weighted by Crippen LogP contribution is 2.44. The number of carbonyl (C=O) groups excluding carboxylic acids is 1. The molecule has 0 bridgehead atoms. The van der Waals surface area contributed by atoms with Crippen LogP contribution in [0, 0.1) is 0 Å². The molecule has 2 atom stereocenters. The van der Waals surface area contributed by atoms with E-state index in [0.29, 0.717) is 5.56 Å². The molecule has 6 nitrogen and oxygen atoms in total. The standard InChI is InChI=1S/C24H21NO5/c26-22(23(27)28)21(15-8-2-1-3-9-15)25-24(29)30-14-20-18-12-6-4-10-16(18)17-11-5-7-13-19(17)20/h1-13,20-22,26H,14H2,(H,25,29)(H,27,28)/t21-,22+/m0/s1. The fourth-order valence-corrected chi connectivity index (χ4v) is 3.91. The molecular weight excluding hydrogens is 382 g/mol. The number of ether oxygens (including phenoxy) is 1. The Morgan fingerprint density at radius 3 is 1.97 bits per heavy atom. The quantitative estimate of drug-likeness (QED) is 0.583. The summed E-state index contributed by atoms with van der Waals surface area (Å²) in [7, 11) is 0. The lowest BCUT2D eigenvalue weighted by Gasteiger charge is -2.22. The van der Waals surface area contributed by atoms with Crippen molar-refractivity contribution >= 4 is 12.1 Å². The van der Waals surface area contributed by atoms with Gasteiger partial charge in [-0.15, -0.1) is 0 Å². The molecule has 30 heavy (non-hydrogen) atoms. The van der Waals surface area contributed by atoms with E-state index in [0.717, 1.165) is 22.3 Å². The minimum atomic E-state index is -1.80. The summed E-state index contributed by atoms with van der Waals surface area (Å²) in [4.78, 5) is 23.8. The van der Waals surface area contributed by atoms with Crippen molar-refractivity contribution in [1.82, 2.24) is 5.32 Å². The van der Waals surface area contributed by atoms with Gasteiger partial charge in [-0.3, -0.25) is 0 Å². The second-order valence-electron chi connectivity index (χ2n) is 7.14. The van der Waals surface area contributed by atoms with Crippen LogP contribution in [0.5, 0.6) is 0 Å². The predicted molar refractivity (Wildman–Crippen MR) is 111 cm³/mol. The number of amides is 1. The average Bonchev–Trinajstić information content (AvgIpc) is 3.10. The lowest BCUT2D eigenvalue weighted by Crippen LogP contribution is -2.40. The second-order valence-corrected chi connectivity index (χ2v) is 7.14. The number of hydrogen-bond donors (Lipinski definition) is 3. The summed E-state index contributed by atoms with van der Waals surface area (Å²) < 4.78 is 5.47. The molecular formula is C24H21NO5. The number of carboxylic acid groups (broad SMARTS) is 1. The molecule has 0 heterocycles. The van der Waals surface area contributed by atoms with Crippen molar-refractivity contribution in [3.05, 3.63) is 95.6 Å². The molecule has 0 spiro atoms. The van der Waals surface area contributed by atoms with Gasteiger partial charge in [-0.2, -0.15) is 0 Å². The number of benzene rings is 3. The van der Waals surface area contributed by atoms with Crippen molar-refractivity contribution in [2.45, 2.75) is 18.1 Å². The van der Waals surface area contributed by atoms with Gasteiger partial charge in [0, 0.05) is 5.92 Å². The van der Waals surface area contributed by atoms with Crippen molar-refractivity contribution in [2.24, 2.45) is 0 Å². The van der Waals surface area contributed by atoms with Crippen molar-refractivity contribution in [1.29, 1.82) is 0 Å². The van der Waals surface area contributed by atoms with Crippen molar-refractivity contribution in [2.75, 3.05) is 6.61 Å². The molecule has 1 aliphatic carbocycles. The third kappa shape index (κ3) is 3.77. The number of rotatable bonds is 6. The Morgan fingerprint density at radius 1 is 0.867 bits per heavy atom. The molecule has 0 saturated heterocycles. The highest BCUT2D eigenvalue weighted by atomic mass is 16.5. The highest BCUT2D eigenvalue weighted by molar-refractivity contribution is 5.79. The summed E-state index contributed by atoms with van der Waals surface area (Å²) in [5.41, 5.74) is 4.87. The first-order chi connectivity index (χ1) is 14.6. The van der Waals surface area contributed by atoms with Crippen LogP contribution in [0.2, 0.25) is 0 Å². The highest BCUT2D eigenvalue weighted by Gasteiger charge is 2.31. The third-order valence-electron chi connectivity index (χ3n) is 5.34. The van der Waals surface area contributed by atoms with E-state index in [1.54, 1.807) is 30.3 Å². The van der Waals surface area contributed by atoms with Gasteiger partial charge in [0.2, 0.25) is 0 Å². The second kappa shape index (κ2) is 8.39. The summed E-state index contributed by atoms with van der Waals surface area (Å²) >= 11 is 0. The predicted octanol–water partition coefficient (Wildman–Crippen LogP) is 3.71. The van der Waals surface area contributed by atoms with E-state index in [1.807, 2.05) is 48.5 Å². The van der Waals surface area contributed by atoms with Gasteiger partial charge in [0.05, 0.1) is 6.04 Å². The van der Waals surface area contributed by atoms with Crippen LogP contribution in [0.25, 0.3) is 11.1 Å². The van der Waals surface area contributed by atoms with Gasteiger partial charge in [-0.1, -0.05) is 78.9 Å². The number of carboxylic acids is 1. The summed E-state index contributed by atoms with van der Waals surface area (Å²) in [5.74, 6) is -1.54.